The molecular formula is C21H20BrFN6O. The van der Waals surface area contributed by atoms with Gasteiger partial charge in [0.1, 0.15) is 11.6 Å². The molecule has 1 atom stereocenters. The topological polar surface area (TPSA) is 90.4 Å². The molecule has 3 N–H and O–H groups in total. The lowest BCUT2D eigenvalue weighted by Crippen LogP contribution is -2.36. The number of ether oxygens (including phenoxy) is 1. The number of pyridine rings is 1. The van der Waals surface area contributed by atoms with Crippen LogP contribution in [-0.2, 0) is 11.3 Å². The Morgan fingerprint density at radius 1 is 1.30 bits per heavy atom. The van der Waals surface area contributed by atoms with Gasteiger partial charge in [-0.15, -0.1) is 0 Å². The number of nitrogens with one attached hydrogen (secondary N) is 1. The van der Waals surface area contributed by atoms with Gasteiger partial charge in [0.25, 0.3) is 0 Å². The van der Waals surface area contributed by atoms with E-state index in [1.165, 1.54) is 12.1 Å². The highest BCUT2D eigenvalue weighted by Gasteiger charge is 2.19. The monoisotopic (exact) mass is 470 g/mol. The number of nitrogen functional groups attached to an aromatic ring is 1. The largest absolute Gasteiger partial charge is 0.383 e. The van der Waals surface area contributed by atoms with E-state index in [9.17, 15) is 4.39 Å². The summed E-state index contributed by atoms with van der Waals surface area (Å²) in [6.07, 6.45) is 5.58. The van der Waals surface area contributed by atoms with Crippen LogP contribution >= 0.6 is 15.9 Å². The van der Waals surface area contributed by atoms with Crippen LogP contribution in [0.3, 0.4) is 0 Å². The lowest BCUT2D eigenvalue weighted by Gasteiger charge is -2.23. The number of hydrogen-bond donors (Lipinski definition) is 2. The van der Waals surface area contributed by atoms with E-state index in [1.807, 2.05) is 6.07 Å². The minimum Gasteiger partial charge on any atom is -0.383 e. The molecule has 30 heavy (non-hydrogen) atoms. The molecule has 0 amide bonds. The lowest BCUT2D eigenvalue weighted by molar-refractivity contribution is 0.0698. The molecule has 9 heteroatoms. The quantitative estimate of drug-likeness (QED) is 0.472. The molecule has 1 fully saturated rings. The van der Waals surface area contributed by atoms with Crippen molar-refractivity contribution in [3.8, 4) is 11.1 Å². The number of halogens is 2. The van der Waals surface area contributed by atoms with Crippen molar-refractivity contribution < 1.29 is 9.13 Å². The van der Waals surface area contributed by atoms with E-state index in [2.05, 4.69) is 31.3 Å². The van der Waals surface area contributed by atoms with Crippen LogP contribution in [0.15, 0.2) is 41.1 Å². The third-order valence-electron chi connectivity index (χ3n) is 5.36. The van der Waals surface area contributed by atoms with Gasteiger partial charge < -0.3 is 15.8 Å². The average molecular weight is 471 g/mol. The molecule has 3 aromatic heterocycles. The highest BCUT2D eigenvalue weighted by molar-refractivity contribution is 9.10. The van der Waals surface area contributed by atoms with Gasteiger partial charge in [-0.25, -0.2) is 9.37 Å². The maximum absolute atomic E-state index is 13.7. The van der Waals surface area contributed by atoms with Gasteiger partial charge in [-0.3, -0.25) is 4.98 Å². The molecule has 5 rings (SSSR count). The predicted octanol–water partition coefficient (Wildman–Crippen LogP) is 3.70. The Morgan fingerprint density at radius 2 is 2.20 bits per heavy atom. The molecule has 1 aromatic carbocycles. The molecule has 1 aliphatic rings. The maximum atomic E-state index is 13.7. The van der Waals surface area contributed by atoms with Gasteiger partial charge in [-0.2, -0.15) is 9.61 Å². The van der Waals surface area contributed by atoms with Crippen LogP contribution in [0.25, 0.3) is 27.7 Å². The van der Waals surface area contributed by atoms with Crippen LogP contribution in [0.2, 0.25) is 0 Å². The minimum absolute atomic E-state index is 0.298. The summed E-state index contributed by atoms with van der Waals surface area (Å²) < 4.78 is 21.5. The van der Waals surface area contributed by atoms with E-state index in [4.69, 9.17) is 15.5 Å². The fraction of sp³-hybridized carbons (Fsp3) is 0.286. The Labute approximate surface area is 180 Å². The standard InChI is InChI=1S/C21H20BrFN6O/c22-19-18(10-25-15-2-1-5-30-11-15)28-21-16(9-27-29(21)20(19)24)13-6-12-7-14(23)3-4-17(12)26-8-13/h3-4,6-9,15,25H,1-2,5,10-11,24H2. The lowest BCUT2D eigenvalue weighted by atomic mass is 10.1. The van der Waals surface area contributed by atoms with Gasteiger partial charge in [0, 0.05) is 41.9 Å². The number of aromatic nitrogens is 4. The predicted molar refractivity (Wildman–Crippen MR) is 116 cm³/mol. The van der Waals surface area contributed by atoms with E-state index >= 15 is 0 Å². The summed E-state index contributed by atoms with van der Waals surface area (Å²) in [5.41, 5.74) is 10.1. The molecule has 0 spiro atoms. The summed E-state index contributed by atoms with van der Waals surface area (Å²) in [7, 11) is 0. The Morgan fingerprint density at radius 3 is 3.03 bits per heavy atom. The number of hydrogen-bond acceptors (Lipinski definition) is 6. The Hall–Kier alpha value is -2.62. The van der Waals surface area contributed by atoms with Crippen molar-refractivity contribution in [2.24, 2.45) is 0 Å². The number of rotatable bonds is 4. The Balaban J connectivity index is 1.54. The summed E-state index contributed by atoms with van der Waals surface area (Å²) in [5, 5.41) is 8.62. The highest BCUT2D eigenvalue weighted by atomic mass is 79.9. The molecule has 0 aliphatic carbocycles. The third kappa shape index (κ3) is 3.53. The Kier molecular flexibility index (Phi) is 5.10. The fourth-order valence-corrected chi connectivity index (χ4v) is 4.15. The molecule has 0 saturated carbocycles. The van der Waals surface area contributed by atoms with Crippen LogP contribution in [-0.4, -0.2) is 38.8 Å². The smallest absolute Gasteiger partial charge is 0.165 e. The fourth-order valence-electron chi connectivity index (χ4n) is 3.76. The summed E-state index contributed by atoms with van der Waals surface area (Å²) >= 11 is 3.56. The van der Waals surface area contributed by atoms with E-state index in [0.717, 1.165) is 47.2 Å². The van der Waals surface area contributed by atoms with Crippen molar-refractivity contribution in [3.05, 3.63) is 52.6 Å². The Bertz CT molecular complexity index is 1240. The molecule has 7 nitrogen and oxygen atoms in total. The zero-order chi connectivity index (χ0) is 20.7. The molecular weight excluding hydrogens is 451 g/mol. The number of benzene rings is 1. The first-order chi connectivity index (χ1) is 14.6. The number of nitrogens with zero attached hydrogens (tertiary/aromatic N) is 4. The number of fused-ring (bicyclic) bond motifs is 2. The van der Waals surface area contributed by atoms with E-state index < -0.39 is 0 Å². The zero-order valence-electron chi connectivity index (χ0n) is 16.1. The van der Waals surface area contributed by atoms with Crippen molar-refractivity contribution in [1.29, 1.82) is 0 Å². The number of nitrogens with two attached hydrogens (primary N) is 1. The van der Waals surface area contributed by atoms with Crippen molar-refractivity contribution in [1.82, 2.24) is 24.9 Å². The molecule has 154 valence electrons. The van der Waals surface area contributed by atoms with Gasteiger partial charge in [0.2, 0.25) is 0 Å². The summed E-state index contributed by atoms with van der Waals surface area (Å²) in [6, 6.07) is 6.73. The van der Waals surface area contributed by atoms with Gasteiger partial charge in [-0.1, -0.05) is 0 Å². The van der Waals surface area contributed by atoms with Crippen LogP contribution in [0.5, 0.6) is 0 Å². The number of anilines is 1. The first-order valence-corrected chi connectivity index (χ1v) is 10.6. The molecule has 1 saturated heterocycles. The SMILES string of the molecule is Nc1c(Br)c(CNC2CCCOC2)nc2c(-c3cnc4ccc(F)cc4c3)cnn12. The molecule has 1 aliphatic heterocycles. The molecule has 0 radical (unpaired) electrons. The highest BCUT2D eigenvalue weighted by Crippen LogP contribution is 2.31. The second-order valence-corrected chi connectivity index (χ2v) is 8.20. The van der Waals surface area contributed by atoms with Crippen molar-refractivity contribution in [2.75, 3.05) is 18.9 Å². The van der Waals surface area contributed by atoms with Crippen molar-refractivity contribution in [2.45, 2.75) is 25.4 Å². The van der Waals surface area contributed by atoms with E-state index in [1.54, 1.807) is 23.0 Å². The van der Waals surface area contributed by atoms with Crippen molar-refractivity contribution >= 4 is 38.3 Å². The van der Waals surface area contributed by atoms with Gasteiger partial charge in [-0.05, 0) is 53.0 Å². The van der Waals surface area contributed by atoms with Crippen LogP contribution in [0, 0.1) is 5.82 Å². The first-order valence-electron chi connectivity index (χ1n) is 9.78. The molecule has 1 unspecified atom stereocenters. The second-order valence-electron chi connectivity index (χ2n) is 7.41. The van der Waals surface area contributed by atoms with E-state index in [0.29, 0.717) is 35.1 Å². The molecule has 0 bridgehead atoms. The summed E-state index contributed by atoms with van der Waals surface area (Å²) in [6.45, 7) is 2.08. The average Bonchev–Trinajstić information content (AvgIpc) is 3.19. The van der Waals surface area contributed by atoms with Gasteiger partial charge >= 0.3 is 0 Å². The van der Waals surface area contributed by atoms with Crippen LogP contribution in [0.4, 0.5) is 10.2 Å². The van der Waals surface area contributed by atoms with Crippen LogP contribution < -0.4 is 11.1 Å². The molecule has 4 aromatic rings. The van der Waals surface area contributed by atoms with Gasteiger partial charge in [0.05, 0.1) is 28.5 Å². The third-order valence-corrected chi connectivity index (χ3v) is 6.23. The summed E-state index contributed by atoms with van der Waals surface area (Å²) in [4.78, 5) is 9.27. The summed E-state index contributed by atoms with van der Waals surface area (Å²) in [5.74, 6) is 0.176. The van der Waals surface area contributed by atoms with E-state index in [-0.39, 0.29) is 5.82 Å². The second kappa shape index (κ2) is 7.90. The molecule has 4 heterocycles. The zero-order valence-corrected chi connectivity index (χ0v) is 17.7. The first kappa shape index (κ1) is 19.3. The van der Waals surface area contributed by atoms with Gasteiger partial charge in [0.15, 0.2) is 5.65 Å². The van der Waals surface area contributed by atoms with Crippen molar-refractivity contribution in [3.63, 3.8) is 0 Å². The minimum atomic E-state index is -0.298. The maximum Gasteiger partial charge on any atom is 0.165 e. The van der Waals surface area contributed by atoms with Crippen LogP contribution in [0.1, 0.15) is 18.5 Å². The normalized spacial score (nSPS) is 17.1.